The van der Waals surface area contributed by atoms with Crippen LogP contribution in [-0.4, -0.2) is 18.6 Å². The van der Waals surface area contributed by atoms with Crippen molar-refractivity contribution in [2.24, 2.45) is 0 Å². The minimum Gasteiger partial charge on any atom is -0.375 e. The molecule has 0 atom stereocenters. The van der Waals surface area contributed by atoms with Crippen molar-refractivity contribution < 1.29 is 12.9 Å². The minimum atomic E-state index is -3.61. The molecule has 2 rings (SSSR count). The maximum Gasteiger partial charge on any atom is 0.252 e. The van der Waals surface area contributed by atoms with Crippen LogP contribution in [0.25, 0.3) is 0 Å². The van der Waals surface area contributed by atoms with E-state index in [1.807, 2.05) is 0 Å². The molecular weight excluding hydrogens is 276 g/mol. The van der Waals surface area contributed by atoms with E-state index in [0.29, 0.717) is 17.1 Å². The fourth-order valence-electron chi connectivity index (χ4n) is 1.39. The summed E-state index contributed by atoms with van der Waals surface area (Å²) in [6.07, 6.45) is 0. The number of nitrogens with zero attached hydrogens (tertiary/aromatic N) is 2. The third-order valence-corrected chi connectivity index (χ3v) is 5.13. The zero-order valence-corrected chi connectivity index (χ0v) is 11.4. The summed E-state index contributed by atoms with van der Waals surface area (Å²) in [7, 11) is -3.61. The van der Waals surface area contributed by atoms with E-state index >= 15 is 0 Å². The zero-order chi connectivity index (χ0) is 13.3. The lowest BCUT2D eigenvalue weighted by Gasteiger charge is -2.02. The lowest BCUT2D eigenvalue weighted by Crippen LogP contribution is -2.23. The van der Waals surface area contributed by atoms with E-state index in [9.17, 15) is 8.42 Å². The second-order valence-electron chi connectivity index (χ2n) is 3.68. The van der Waals surface area contributed by atoms with E-state index in [2.05, 4.69) is 14.9 Å². The first kappa shape index (κ1) is 13.0. The fraction of sp³-hybridized carbons (Fsp3) is 0.333. The van der Waals surface area contributed by atoms with E-state index in [-0.39, 0.29) is 15.9 Å². The molecule has 0 bridgehead atoms. The monoisotopic (exact) mass is 288 g/mol. The number of nitrogens with two attached hydrogens (primary N) is 1. The van der Waals surface area contributed by atoms with Gasteiger partial charge in [0, 0.05) is 6.07 Å². The van der Waals surface area contributed by atoms with Gasteiger partial charge in [0.1, 0.15) is 5.76 Å². The van der Waals surface area contributed by atoms with Crippen molar-refractivity contribution in [3.05, 3.63) is 23.2 Å². The second-order valence-corrected chi connectivity index (χ2v) is 6.67. The predicted octanol–water partition coefficient (Wildman–Crippen LogP) is 0.809. The Bertz CT molecular complexity index is 659. The summed E-state index contributed by atoms with van der Waals surface area (Å²) < 4.78 is 31.4. The number of aryl methyl sites for hydroxylation is 2. The summed E-state index contributed by atoms with van der Waals surface area (Å²) in [4.78, 5) is 3.88. The molecule has 0 spiro atoms. The summed E-state index contributed by atoms with van der Waals surface area (Å²) in [5.41, 5.74) is 6.38. The summed E-state index contributed by atoms with van der Waals surface area (Å²) >= 11 is 0.934. The summed E-state index contributed by atoms with van der Waals surface area (Å²) in [5.74, 6) is 0.627. The predicted molar refractivity (Wildman–Crippen MR) is 66.5 cm³/mol. The molecular formula is C9H12N4O3S2. The van der Waals surface area contributed by atoms with Crippen molar-refractivity contribution in [2.45, 2.75) is 24.6 Å². The van der Waals surface area contributed by atoms with Crippen LogP contribution in [0.3, 0.4) is 0 Å². The number of rotatable bonds is 4. The maximum absolute atomic E-state index is 12.0. The molecule has 0 radical (unpaired) electrons. The standard InChI is InChI=1S/C9H12N4O3S2/c1-5-3-7(13-16-5)4-11-18(14,15)8-6(2)12-9(10)17-8/h3,11H,4H2,1-2H3,(H2,10,12). The average Bonchev–Trinajstić information content (AvgIpc) is 2.82. The lowest BCUT2D eigenvalue weighted by molar-refractivity contribution is 0.390. The van der Waals surface area contributed by atoms with Crippen LogP contribution >= 0.6 is 11.3 Å². The molecule has 0 saturated heterocycles. The highest BCUT2D eigenvalue weighted by molar-refractivity contribution is 7.91. The number of aromatic nitrogens is 2. The molecule has 18 heavy (non-hydrogen) atoms. The Balaban J connectivity index is 2.15. The van der Waals surface area contributed by atoms with Crippen LogP contribution in [0.1, 0.15) is 17.1 Å². The van der Waals surface area contributed by atoms with E-state index in [1.54, 1.807) is 19.9 Å². The molecule has 98 valence electrons. The third-order valence-electron chi connectivity index (χ3n) is 2.13. The fourth-order valence-corrected chi connectivity index (χ4v) is 3.73. The minimum absolute atomic E-state index is 0.0664. The summed E-state index contributed by atoms with van der Waals surface area (Å²) in [6.45, 7) is 3.40. The van der Waals surface area contributed by atoms with Gasteiger partial charge < -0.3 is 10.3 Å². The lowest BCUT2D eigenvalue weighted by atomic mass is 10.4. The molecule has 2 heterocycles. The van der Waals surface area contributed by atoms with Gasteiger partial charge in [0.25, 0.3) is 10.0 Å². The quantitative estimate of drug-likeness (QED) is 0.861. The normalized spacial score (nSPS) is 11.9. The van der Waals surface area contributed by atoms with Gasteiger partial charge in [-0.25, -0.2) is 18.1 Å². The molecule has 2 aromatic heterocycles. The Morgan fingerprint density at radius 1 is 1.50 bits per heavy atom. The molecule has 0 fully saturated rings. The molecule has 0 amide bonds. The molecule has 0 saturated carbocycles. The number of hydrogen-bond donors (Lipinski definition) is 2. The van der Waals surface area contributed by atoms with Crippen LogP contribution in [-0.2, 0) is 16.6 Å². The second kappa shape index (κ2) is 4.67. The molecule has 0 aliphatic heterocycles. The van der Waals surface area contributed by atoms with Gasteiger partial charge in [-0.1, -0.05) is 16.5 Å². The van der Waals surface area contributed by atoms with Crippen LogP contribution in [0.15, 0.2) is 14.8 Å². The van der Waals surface area contributed by atoms with E-state index in [4.69, 9.17) is 10.3 Å². The number of hydrogen-bond acceptors (Lipinski definition) is 7. The highest BCUT2D eigenvalue weighted by Gasteiger charge is 2.21. The van der Waals surface area contributed by atoms with Gasteiger partial charge in [0.05, 0.1) is 17.9 Å². The highest BCUT2D eigenvalue weighted by Crippen LogP contribution is 2.24. The molecule has 2 aromatic rings. The summed E-state index contributed by atoms with van der Waals surface area (Å²) in [6, 6.07) is 1.66. The molecule has 0 aliphatic rings. The highest BCUT2D eigenvalue weighted by atomic mass is 32.2. The zero-order valence-electron chi connectivity index (χ0n) is 9.80. The number of anilines is 1. The first-order valence-corrected chi connectivity index (χ1v) is 7.33. The number of thiazole rings is 1. The van der Waals surface area contributed by atoms with Gasteiger partial charge in [-0.15, -0.1) is 0 Å². The molecule has 3 N–H and O–H groups in total. The van der Waals surface area contributed by atoms with E-state index in [0.717, 1.165) is 11.3 Å². The van der Waals surface area contributed by atoms with Gasteiger partial charge >= 0.3 is 0 Å². The Morgan fingerprint density at radius 2 is 2.22 bits per heavy atom. The van der Waals surface area contributed by atoms with Crippen molar-refractivity contribution in [3.63, 3.8) is 0 Å². The van der Waals surface area contributed by atoms with Gasteiger partial charge in [0.15, 0.2) is 9.34 Å². The number of nitrogens with one attached hydrogen (secondary N) is 1. The van der Waals surface area contributed by atoms with Gasteiger partial charge in [-0.2, -0.15) is 0 Å². The van der Waals surface area contributed by atoms with Crippen LogP contribution in [0, 0.1) is 13.8 Å². The number of sulfonamides is 1. The molecule has 0 unspecified atom stereocenters. The van der Waals surface area contributed by atoms with Crippen molar-refractivity contribution in [1.82, 2.24) is 14.9 Å². The van der Waals surface area contributed by atoms with Crippen LogP contribution in [0.2, 0.25) is 0 Å². The van der Waals surface area contributed by atoms with Gasteiger partial charge in [-0.05, 0) is 13.8 Å². The summed E-state index contributed by atoms with van der Waals surface area (Å²) in [5, 5.41) is 3.93. The SMILES string of the molecule is Cc1cc(CNS(=O)(=O)c2sc(N)nc2C)no1. The third kappa shape index (κ3) is 2.68. The number of nitrogen functional groups attached to an aromatic ring is 1. The topological polar surface area (TPSA) is 111 Å². The Kier molecular flexibility index (Phi) is 3.37. The van der Waals surface area contributed by atoms with Crippen LogP contribution < -0.4 is 10.5 Å². The van der Waals surface area contributed by atoms with Crippen LogP contribution in [0.5, 0.6) is 0 Å². The van der Waals surface area contributed by atoms with E-state index < -0.39 is 10.0 Å². The smallest absolute Gasteiger partial charge is 0.252 e. The Labute approximate surface area is 108 Å². The van der Waals surface area contributed by atoms with Crippen molar-refractivity contribution in [1.29, 1.82) is 0 Å². The Hall–Kier alpha value is -1.45. The molecule has 7 nitrogen and oxygen atoms in total. The molecule has 0 aliphatic carbocycles. The first-order valence-electron chi connectivity index (χ1n) is 5.03. The first-order chi connectivity index (χ1) is 8.38. The van der Waals surface area contributed by atoms with E-state index in [1.165, 1.54) is 0 Å². The Morgan fingerprint density at radius 3 is 2.72 bits per heavy atom. The van der Waals surface area contributed by atoms with Gasteiger partial charge in [-0.3, -0.25) is 0 Å². The maximum atomic E-state index is 12.0. The largest absolute Gasteiger partial charge is 0.375 e. The van der Waals surface area contributed by atoms with Gasteiger partial charge in [0.2, 0.25) is 0 Å². The molecule has 9 heteroatoms. The van der Waals surface area contributed by atoms with Crippen molar-refractivity contribution in [2.75, 3.05) is 5.73 Å². The van der Waals surface area contributed by atoms with Crippen molar-refractivity contribution >= 4 is 26.5 Å². The average molecular weight is 288 g/mol. The molecule has 0 aromatic carbocycles. The van der Waals surface area contributed by atoms with Crippen LogP contribution in [0.4, 0.5) is 5.13 Å². The van der Waals surface area contributed by atoms with Crippen molar-refractivity contribution in [3.8, 4) is 0 Å².